The highest BCUT2D eigenvalue weighted by molar-refractivity contribution is 5.99. The summed E-state index contributed by atoms with van der Waals surface area (Å²) in [6.07, 6.45) is 1.87. The van der Waals surface area contributed by atoms with E-state index in [4.69, 9.17) is 15.2 Å². The van der Waals surface area contributed by atoms with Gasteiger partial charge in [-0.1, -0.05) is 19.1 Å². The SMILES string of the molecule is CCOc1ccc(C(=O)NC2CCOc3ccc(CC)cc32)cc1CN1C(=O)CC(C)(C)N=C1N. The third kappa shape index (κ3) is 5.42. The third-order valence-electron chi connectivity index (χ3n) is 6.36. The molecule has 2 aromatic rings. The lowest BCUT2D eigenvalue weighted by Gasteiger charge is -2.33. The number of guanidine groups is 1. The third-order valence-corrected chi connectivity index (χ3v) is 6.36. The molecule has 35 heavy (non-hydrogen) atoms. The number of benzene rings is 2. The number of amides is 2. The van der Waals surface area contributed by atoms with E-state index in [1.807, 2.05) is 26.8 Å². The van der Waals surface area contributed by atoms with Gasteiger partial charge in [-0.05, 0) is 57.0 Å². The van der Waals surface area contributed by atoms with Crippen LogP contribution in [0.2, 0.25) is 0 Å². The summed E-state index contributed by atoms with van der Waals surface area (Å²) < 4.78 is 11.6. The molecule has 0 radical (unpaired) electrons. The average Bonchev–Trinajstić information content (AvgIpc) is 2.81. The molecule has 0 aliphatic carbocycles. The molecule has 2 aliphatic rings. The van der Waals surface area contributed by atoms with E-state index in [2.05, 4.69) is 29.4 Å². The normalized spacial score (nSPS) is 18.9. The fourth-order valence-corrected chi connectivity index (χ4v) is 4.54. The maximum absolute atomic E-state index is 13.3. The molecule has 1 unspecified atom stereocenters. The zero-order valence-electron chi connectivity index (χ0n) is 20.9. The Morgan fingerprint density at radius 2 is 2.06 bits per heavy atom. The van der Waals surface area contributed by atoms with Gasteiger partial charge in [0.25, 0.3) is 5.91 Å². The van der Waals surface area contributed by atoms with Gasteiger partial charge in [-0.25, -0.2) is 4.99 Å². The van der Waals surface area contributed by atoms with Crippen molar-refractivity contribution in [3.8, 4) is 11.5 Å². The van der Waals surface area contributed by atoms with Gasteiger partial charge in [-0.3, -0.25) is 14.5 Å². The van der Waals surface area contributed by atoms with Crippen molar-refractivity contribution in [2.24, 2.45) is 10.7 Å². The predicted octanol–water partition coefficient (Wildman–Crippen LogP) is 3.73. The quantitative estimate of drug-likeness (QED) is 0.631. The lowest BCUT2D eigenvalue weighted by atomic mass is 9.97. The summed E-state index contributed by atoms with van der Waals surface area (Å²) in [6, 6.07) is 11.3. The van der Waals surface area contributed by atoms with Crippen molar-refractivity contribution >= 4 is 17.8 Å². The van der Waals surface area contributed by atoms with Crippen molar-refractivity contribution in [2.45, 2.75) is 65.1 Å². The summed E-state index contributed by atoms with van der Waals surface area (Å²) in [5.41, 5.74) is 8.99. The number of rotatable bonds is 7. The Balaban J connectivity index is 1.58. The van der Waals surface area contributed by atoms with Crippen LogP contribution in [0.1, 0.15) is 73.6 Å². The van der Waals surface area contributed by atoms with Gasteiger partial charge in [0.1, 0.15) is 11.5 Å². The van der Waals surface area contributed by atoms with Crippen LogP contribution in [-0.4, -0.2) is 41.4 Å². The minimum absolute atomic E-state index is 0.106. The van der Waals surface area contributed by atoms with E-state index in [9.17, 15) is 9.59 Å². The molecule has 0 saturated carbocycles. The Hall–Kier alpha value is -3.55. The predicted molar refractivity (Wildman–Crippen MR) is 135 cm³/mol. The van der Waals surface area contributed by atoms with Crippen molar-refractivity contribution < 1.29 is 19.1 Å². The highest BCUT2D eigenvalue weighted by Gasteiger charge is 2.33. The van der Waals surface area contributed by atoms with Crippen molar-refractivity contribution in [1.29, 1.82) is 0 Å². The van der Waals surface area contributed by atoms with Crippen LogP contribution in [0.4, 0.5) is 0 Å². The maximum atomic E-state index is 13.3. The Labute approximate surface area is 206 Å². The molecule has 2 heterocycles. The molecule has 0 bridgehead atoms. The molecule has 8 heteroatoms. The molecule has 0 aromatic heterocycles. The first-order chi connectivity index (χ1) is 16.7. The van der Waals surface area contributed by atoms with Crippen LogP contribution in [0, 0.1) is 0 Å². The van der Waals surface area contributed by atoms with E-state index >= 15 is 0 Å². The number of carbonyl (C=O) groups is 2. The van der Waals surface area contributed by atoms with Crippen LogP contribution in [0.3, 0.4) is 0 Å². The highest BCUT2D eigenvalue weighted by atomic mass is 16.5. The Bertz CT molecular complexity index is 1160. The van der Waals surface area contributed by atoms with Gasteiger partial charge in [-0.15, -0.1) is 0 Å². The van der Waals surface area contributed by atoms with Gasteiger partial charge in [0.15, 0.2) is 5.96 Å². The first-order valence-electron chi connectivity index (χ1n) is 12.2. The number of nitrogens with one attached hydrogen (secondary N) is 1. The lowest BCUT2D eigenvalue weighted by Crippen LogP contribution is -2.49. The van der Waals surface area contributed by atoms with E-state index in [0.717, 1.165) is 17.7 Å². The smallest absolute Gasteiger partial charge is 0.251 e. The summed E-state index contributed by atoms with van der Waals surface area (Å²) in [5, 5.41) is 3.16. The van der Waals surface area contributed by atoms with Crippen LogP contribution in [-0.2, 0) is 17.8 Å². The Morgan fingerprint density at radius 3 is 2.77 bits per heavy atom. The van der Waals surface area contributed by atoms with E-state index in [0.29, 0.717) is 36.5 Å². The number of carbonyl (C=O) groups excluding carboxylic acids is 2. The van der Waals surface area contributed by atoms with Gasteiger partial charge < -0.3 is 20.5 Å². The van der Waals surface area contributed by atoms with Crippen molar-refractivity contribution in [3.05, 3.63) is 58.7 Å². The van der Waals surface area contributed by atoms with Crippen molar-refractivity contribution in [3.63, 3.8) is 0 Å². The van der Waals surface area contributed by atoms with Crippen LogP contribution < -0.4 is 20.5 Å². The van der Waals surface area contributed by atoms with Crippen molar-refractivity contribution in [2.75, 3.05) is 13.2 Å². The van der Waals surface area contributed by atoms with Crippen LogP contribution in [0.5, 0.6) is 11.5 Å². The number of hydrogen-bond acceptors (Lipinski definition) is 6. The van der Waals surface area contributed by atoms with Gasteiger partial charge in [0, 0.05) is 23.1 Å². The van der Waals surface area contributed by atoms with Crippen LogP contribution in [0.15, 0.2) is 41.4 Å². The molecular formula is C27H34N4O4. The Morgan fingerprint density at radius 1 is 1.26 bits per heavy atom. The molecule has 8 nitrogen and oxygen atoms in total. The van der Waals surface area contributed by atoms with E-state index in [-0.39, 0.29) is 36.8 Å². The van der Waals surface area contributed by atoms with E-state index in [1.165, 1.54) is 10.5 Å². The molecule has 3 N–H and O–H groups in total. The van der Waals surface area contributed by atoms with Gasteiger partial charge >= 0.3 is 0 Å². The molecular weight excluding hydrogens is 444 g/mol. The van der Waals surface area contributed by atoms with Gasteiger partial charge in [-0.2, -0.15) is 0 Å². The topological polar surface area (TPSA) is 106 Å². The number of aryl methyl sites for hydroxylation is 1. The van der Waals surface area contributed by atoms with Crippen molar-refractivity contribution in [1.82, 2.24) is 10.2 Å². The first-order valence-corrected chi connectivity index (χ1v) is 12.2. The minimum atomic E-state index is -0.528. The standard InChI is InChI=1S/C27H34N4O4/c1-5-17-7-9-23-20(13-17)21(11-12-35-23)29-25(33)18-8-10-22(34-6-2)19(14-18)16-31-24(32)15-27(3,4)30-26(31)28/h7-10,13-14,21H,5-6,11-12,15-16H2,1-4H3,(H2,28,30)(H,29,33). The number of nitrogens with two attached hydrogens (primary N) is 1. The number of nitrogens with zero attached hydrogens (tertiary/aromatic N) is 2. The fourth-order valence-electron chi connectivity index (χ4n) is 4.54. The summed E-state index contributed by atoms with van der Waals surface area (Å²) in [7, 11) is 0. The summed E-state index contributed by atoms with van der Waals surface area (Å²) in [5.74, 6) is 1.30. The Kier molecular flexibility index (Phi) is 7.00. The summed E-state index contributed by atoms with van der Waals surface area (Å²) >= 11 is 0. The van der Waals surface area contributed by atoms with Gasteiger partial charge in [0.05, 0.1) is 37.8 Å². The fraction of sp³-hybridized carbons (Fsp3) is 0.444. The monoisotopic (exact) mass is 478 g/mol. The molecule has 4 rings (SSSR count). The molecule has 0 spiro atoms. The molecule has 1 atom stereocenters. The zero-order chi connectivity index (χ0) is 25.2. The number of hydrogen-bond donors (Lipinski definition) is 2. The lowest BCUT2D eigenvalue weighted by molar-refractivity contribution is -0.129. The largest absolute Gasteiger partial charge is 0.494 e. The van der Waals surface area contributed by atoms with Crippen LogP contribution in [0.25, 0.3) is 0 Å². The second-order valence-corrected chi connectivity index (χ2v) is 9.58. The zero-order valence-corrected chi connectivity index (χ0v) is 20.9. The molecule has 0 fully saturated rings. The average molecular weight is 479 g/mol. The number of aliphatic imine (C=N–C) groups is 1. The molecule has 186 valence electrons. The minimum Gasteiger partial charge on any atom is -0.494 e. The van der Waals surface area contributed by atoms with Crippen LogP contribution >= 0.6 is 0 Å². The molecule has 0 saturated heterocycles. The van der Waals surface area contributed by atoms with E-state index < -0.39 is 5.54 Å². The number of fused-ring (bicyclic) bond motifs is 1. The molecule has 2 amide bonds. The molecule has 2 aliphatic heterocycles. The summed E-state index contributed by atoms with van der Waals surface area (Å²) in [4.78, 5) is 32.0. The second-order valence-electron chi connectivity index (χ2n) is 9.58. The maximum Gasteiger partial charge on any atom is 0.251 e. The number of ether oxygens (including phenoxy) is 2. The highest BCUT2D eigenvalue weighted by Crippen LogP contribution is 2.33. The summed E-state index contributed by atoms with van der Waals surface area (Å²) in [6.45, 7) is 8.94. The second kappa shape index (κ2) is 9.98. The first kappa shape index (κ1) is 24.6. The van der Waals surface area contributed by atoms with Gasteiger partial charge in [0.2, 0.25) is 5.91 Å². The molecule has 2 aromatic carbocycles. The van der Waals surface area contributed by atoms with E-state index in [1.54, 1.807) is 18.2 Å².